The Morgan fingerprint density at radius 1 is 1.41 bits per heavy atom. The summed E-state index contributed by atoms with van der Waals surface area (Å²) in [6, 6.07) is 4.50. The van der Waals surface area contributed by atoms with Gasteiger partial charge in [-0.1, -0.05) is 13.8 Å². The second kappa shape index (κ2) is 7.68. The molecule has 0 unspecified atom stereocenters. The van der Waals surface area contributed by atoms with Gasteiger partial charge in [0.25, 0.3) is 0 Å². The largest absolute Gasteiger partial charge is 0.382 e. The van der Waals surface area contributed by atoms with E-state index in [4.69, 9.17) is 4.74 Å². The fourth-order valence-electron chi connectivity index (χ4n) is 3.20. The van der Waals surface area contributed by atoms with E-state index in [0.717, 1.165) is 26.1 Å². The van der Waals surface area contributed by atoms with E-state index in [1.807, 2.05) is 11.8 Å². The Labute approximate surface area is 133 Å². The van der Waals surface area contributed by atoms with Gasteiger partial charge in [-0.3, -0.25) is 0 Å². The molecular weight excluding hydrogens is 278 g/mol. The molecule has 1 aliphatic rings. The molecule has 2 amide bonds. The SMILES string of the molecule is CCOCCCNC(=O)N1CCn2c(C)ccc2[C@@H]1C(C)C. The van der Waals surface area contributed by atoms with Crippen molar-refractivity contribution in [1.29, 1.82) is 0 Å². The number of rotatable bonds is 6. The van der Waals surface area contributed by atoms with Crippen molar-refractivity contribution in [3.8, 4) is 0 Å². The first-order chi connectivity index (χ1) is 10.6. The van der Waals surface area contributed by atoms with E-state index >= 15 is 0 Å². The van der Waals surface area contributed by atoms with Crippen LogP contribution in [0.25, 0.3) is 0 Å². The Bertz CT molecular complexity index is 496. The predicted molar refractivity (Wildman–Crippen MR) is 88.0 cm³/mol. The molecule has 5 nitrogen and oxygen atoms in total. The lowest BCUT2D eigenvalue weighted by molar-refractivity contribution is 0.128. The van der Waals surface area contributed by atoms with Crippen LogP contribution in [0.1, 0.15) is 44.6 Å². The molecule has 0 spiro atoms. The summed E-state index contributed by atoms with van der Waals surface area (Å²) in [5.74, 6) is 0.391. The minimum atomic E-state index is 0.0419. The van der Waals surface area contributed by atoms with E-state index in [1.54, 1.807) is 0 Å². The summed E-state index contributed by atoms with van der Waals surface area (Å²) in [4.78, 5) is 14.5. The maximum Gasteiger partial charge on any atom is 0.318 e. The summed E-state index contributed by atoms with van der Waals surface area (Å²) < 4.78 is 7.64. The van der Waals surface area contributed by atoms with Crippen molar-refractivity contribution < 1.29 is 9.53 Å². The third-order valence-corrected chi connectivity index (χ3v) is 4.27. The standard InChI is InChI=1S/C17H29N3O2/c1-5-22-12-6-9-18-17(21)20-11-10-19-14(4)7-8-15(19)16(20)13(2)3/h7-8,13,16H,5-6,9-12H2,1-4H3,(H,18,21)/t16-/m0/s1. The third-order valence-electron chi connectivity index (χ3n) is 4.27. The molecule has 22 heavy (non-hydrogen) atoms. The van der Waals surface area contributed by atoms with Crippen molar-refractivity contribution in [2.75, 3.05) is 26.3 Å². The highest BCUT2D eigenvalue weighted by atomic mass is 16.5. The quantitative estimate of drug-likeness (QED) is 0.821. The van der Waals surface area contributed by atoms with Crippen LogP contribution in [0.4, 0.5) is 4.79 Å². The van der Waals surface area contributed by atoms with Crippen LogP contribution in [0, 0.1) is 12.8 Å². The zero-order valence-corrected chi connectivity index (χ0v) is 14.3. The Kier molecular flexibility index (Phi) is 5.89. The highest BCUT2D eigenvalue weighted by molar-refractivity contribution is 5.75. The van der Waals surface area contributed by atoms with Crippen molar-refractivity contribution in [2.24, 2.45) is 5.92 Å². The first kappa shape index (κ1) is 16.9. The molecule has 2 rings (SSSR count). The molecule has 0 aromatic carbocycles. The molecule has 1 aromatic rings. The number of urea groups is 1. The second-order valence-corrected chi connectivity index (χ2v) is 6.22. The summed E-state index contributed by atoms with van der Waals surface area (Å²) in [5.41, 5.74) is 2.53. The number of hydrogen-bond donors (Lipinski definition) is 1. The van der Waals surface area contributed by atoms with Gasteiger partial charge in [-0.25, -0.2) is 4.79 Å². The van der Waals surface area contributed by atoms with Gasteiger partial charge in [0.05, 0.1) is 6.04 Å². The van der Waals surface area contributed by atoms with Gasteiger partial charge in [-0.05, 0) is 38.3 Å². The lowest BCUT2D eigenvalue weighted by Gasteiger charge is -2.39. The van der Waals surface area contributed by atoms with Gasteiger partial charge >= 0.3 is 6.03 Å². The van der Waals surface area contributed by atoms with Gasteiger partial charge in [0.2, 0.25) is 0 Å². The topological polar surface area (TPSA) is 46.5 Å². The van der Waals surface area contributed by atoms with Gasteiger partial charge in [0, 0.05) is 44.2 Å². The third kappa shape index (κ3) is 3.64. The van der Waals surface area contributed by atoms with Crippen LogP contribution in [0.5, 0.6) is 0 Å². The summed E-state index contributed by atoms with van der Waals surface area (Å²) in [5, 5.41) is 3.03. The number of nitrogens with one attached hydrogen (secondary N) is 1. The molecule has 1 aliphatic heterocycles. The molecule has 0 fully saturated rings. The van der Waals surface area contributed by atoms with Crippen molar-refractivity contribution in [2.45, 2.75) is 46.7 Å². The summed E-state index contributed by atoms with van der Waals surface area (Å²) in [7, 11) is 0. The van der Waals surface area contributed by atoms with Crippen LogP contribution in [0.2, 0.25) is 0 Å². The monoisotopic (exact) mass is 307 g/mol. The van der Waals surface area contributed by atoms with Crippen LogP contribution >= 0.6 is 0 Å². The fraction of sp³-hybridized carbons (Fsp3) is 0.706. The molecule has 124 valence electrons. The lowest BCUT2D eigenvalue weighted by Crippen LogP contribution is -2.48. The van der Waals surface area contributed by atoms with E-state index < -0.39 is 0 Å². The minimum absolute atomic E-state index is 0.0419. The van der Waals surface area contributed by atoms with Crippen molar-refractivity contribution in [3.05, 3.63) is 23.5 Å². The van der Waals surface area contributed by atoms with Gasteiger partial charge in [-0.2, -0.15) is 0 Å². The number of amides is 2. The number of hydrogen-bond acceptors (Lipinski definition) is 2. The molecule has 2 heterocycles. The van der Waals surface area contributed by atoms with E-state index in [9.17, 15) is 4.79 Å². The minimum Gasteiger partial charge on any atom is -0.382 e. The van der Waals surface area contributed by atoms with Crippen LogP contribution in [0.3, 0.4) is 0 Å². The number of fused-ring (bicyclic) bond motifs is 1. The molecule has 0 bridgehead atoms. The van der Waals surface area contributed by atoms with Gasteiger partial charge in [0.1, 0.15) is 0 Å². The average molecular weight is 307 g/mol. The van der Waals surface area contributed by atoms with Crippen LogP contribution < -0.4 is 5.32 Å². The number of aryl methyl sites for hydroxylation is 1. The molecule has 0 saturated carbocycles. The number of carbonyl (C=O) groups is 1. The van der Waals surface area contributed by atoms with E-state index in [-0.39, 0.29) is 12.1 Å². The highest BCUT2D eigenvalue weighted by Gasteiger charge is 2.33. The maximum absolute atomic E-state index is 12.5. The molecule has 0 aliphatic carbocycles. The van der Waals surface area contributed by atoms with Crippen LogP contribution in [-0.2, 0) is 11.3 Å². The smallest absolute Gasteiger partial charge is 0.318 e. The average Bonchev–Trinajstić information content (AvgIpc) is 2.87. The number of aromatic nitrogens is 1. The zero-order chi connectivity index (χ0) is 16.1. The Morgan fingerprint density at radius 2 is 2.18 bits per heavy atom. The summed E-state index contributed by atoms with van der Waals surface area (Å²) in [6.45, 7) is 12.2. The van der Waals surface area contributed by atoms with E-state index in [1.165, 1.54) is 11.4 Å². The number of ether oxygens (including phenoxy) is 1. The van der Waals surface area contributed by atoms with Gasteiger partial charge in [-0.15, -0.1) is 0 Å². The van der Waals surface area contributed by atoms with Crippen molar-refractivity contribution in [1.82, 2.24) is 14.8 Å². The Hall–Kier alpha value is -1.49. The van der Waals surface area contributed by atoms with Gasteiger partial charge in [0.15, 0.2) is 0 Å². The zero-order valence-electron chi connectivity index (χ0n) is 14.3. The Balaban J connectivity index is 1.99. The predicted octanol–water partition coefficient (Wildman–Crippen LogP) is 2.95. The number of carbonyl (C=O) groups excluding carboxylic acids is 1. The highest BCUT2D eigenvalue weighted by Crippen LogP contribution is 2.33. The molecular formula is C17H29N3O2. The first-order valence-electron chi connectivity index (χ1n) is 8.34. The number of nitrogens with zero attached hydrogens (tertiary/aromatic N) is 2. The van der Waals surface area contributed by atoms with Crippen molar-refractivity contribution >= 4 is 6.03 Å². The summed E-state index contributed by atoms with van der Waals surface area (Å²) >= 11 is 0. The molecule has 1 N–H and O–H groups in total. The molecule has 0 saturated heterocycles. The lowest BCUT2D eigenvalue weighted by atomic mass is 9.97. The van der Waals surface area contributed by atoms with Gasteiger partial charge < -0.3 is 19.5 Å². The van der Waals surface area contributed by atoms with E-state index in [0.29, 0.717) is 19.1 Å². The van der Waals surface area contributed by atoms with Crippen LogP contribution in [-0.4, -0.2) is 41.8 Å². The maximum atomic E-state index is 12.5. The molecule has 0 radical (unpaired) electrons. The first-order valence-corrected chi connectivity index (χ1v) is 8.34. The Morgan fingerprint density at radius 3 is 2.86 bits per heavy atom. The fourth-order valence-corrected chi connectivity index (χ4v) is 3.20. The molecule has 1 aromatic heterocycles. The van der Waals surface area contributed by atoms with E-state index in [2.05, 4.69) is 42.8 Å². The van der Waals surface area contributed by atoms with Crippen LogP contribution in [0.15, 0.2) is 12.1 Å². The normalized spacial score (nSPS) is 17.7. The molecule has 5 heteroatoms. The molecule has 1 atom stereocenters. The summed E-state index contributed by atoms with van der Waals surface area (Å²) in [6.07, 6.45) is 0.856. The van der Waals surface area contributed by atoms with Crippen molar-refractivity contribution in [3.63, 3.8) is 0 Å². The second-order valence-electron chi connectivity index (χ2n) is 6.22.